The first-order chi connectivity index (χ1) is 8.54. The number of carbonyl (C=O) groups excluding carboxylic acids is 1. The third-order valence-corrected chi connectivity index (χ3v) is 3.50. The molecule has 1 atom stereocenters. The lowest BCUT2D eigenvalue weighted by molar-refractivity contribution is 0.206. The first-order valence-corrected chi connectivity index (χ1v) is 6.43. The molecule has 1 aromatic carbocycles. The monoisotopic (exact) mass is 313 g/mol. The summed E-state index contributed by atoms with van der Waals surface area (Å²) in [5, 5.41) is 0. The Morgan fingerprint density at radius 2 is 2.28 bits per heavy atom. The minimum atomic E-state index is -0.484. The maximum absolute atomic E-state index is 13.3. The molecule has 0 radical (unpaired) electrons. The predicted octanol–water partition coefficient (Wildman–Crippen LogP) is 2.83. The minimum absolute atomic E-state index is 0.208. The summed E-state index contributed by atoms with van der Waals surface area (Å²) in [5.41, 5.74) is 6.41. The van der Waals surface area contributed by atoms with Crippen LogP contribution >= 0.6 is 15.9 Å². The second-order valence-corrected chi connectivity index (χ2v) is 4.94. The van der Waals surface area contributed by atoms with Gasteiger partial charge in [0.05, 0.1) is 0 Å². The minimum Gasteiger partial charge on any atom is -0.385 e. The second-order valence-electron chi connectivity index (χ2n) is 4.08. The van der Waals surface area contributed by atoms with E-state index in [0.29, 0.717) is 16.6 Å². The van der Waals surface area contributed by atoms with Crippen LogP contribution in [-0.2, 0) is 0 Å². The molecule has 6 heteroatoms. The van der Waals surface area contributed by atoms with E-state index < -0.39 is 6.04 Å². The molecule has 0 fully saturated rings. The molecule has 1 aliphatic heterocycles. The van der Waals surface area contributed by atoms with Crippen LogP contribution < -0.4 is 5.73 Å². The van der Waals surface area contributed by atoms with Gasteiger partial charge in [-0.2, -0.15) is 4.99 Å². The molecule has 2 N–H and O–H groups in total. The summed E-state index contributed by atoms with van der Waals surface area (Å²) in [6, 6.07) is 3.48. The summed E-state index contributed by atoms with van der Waals surface area (Å²) in [5.74, 6) is -0.156. The van der Waals surface area contributed by atoms with Crippen molar-refractivity contribution in [3.63, 3.8) is 0 Å². The molecule has 18 heavy (non-hydrogen) atoms. The number of hydrogen-bond acceptors (Lipinski definition) is 2. The zero-order chi connectivity index (χ0) is 13.3. The highest BCUT2D eigenvalue weighted by atomic mass is 79.9. The summed E-state index contributed by atoms with van der Waals surface area (Å²) in [4.78, 5) is 17.0. The van der Waals surface area contributed by atoms with Gasteiger partial charge in [0.25, 0.3) is 0 Å². The fourth-order valence-electron chi connectivity index (χ4n) is 2.02. The van der Waals surface area contributed by atoms with Crippen LogP contribution in [0.5, 0.6) is 0 Å². The summed E-state index contributed by atoms with van der Waals surface area (Å²) in [6.45, 7) is 2.50. The van der Waals surface area contributed by atoms with Gasteiger partial charge < -0.3 is 10.6 Å². The zero-order valence-electron chi connectivity index (χ0n) is 9.86. The molecule has 0 spiro atoms. The number of urea groups is 1. The molecular weight excluding hydrogens is 301 g/mol. The van der Waals surface area contributed by atoms with Crippen LogP contribution in [0.3, 0.4) is 0 Å². The van der Waals surface area contributed by atoms with Gasteiger partial charge in [0.1, 0.15) is 17.7 Å². The molecule has 0 aromatic heterocycles. The first kappa shape index (κ1) is 13.0. The fourth-order valence-corrected chi connectivity index (χ4v) is 2.49. The standard InChI is InChI=1S/C12H13BrFN3O/c1-2-5-17-10(11(15)16-12(17)18)8-6-7(14)3-4-9(8)13/h3-4,6,10H,2,5H2,1H3,(H2,15,16,18). The third kappa shape index (κ3) is 2.25. The Morgan fingerprint density at radius 3 is 2.94 bits per heavy atom. The van der Waals surface area contributed by atoms with E-state index in [-0.39, 0.29) is 17.7 Å². The SMILES string of the molecule is CCCN1C(=O)N=C(N)C1c1cc(F)ccc1Br. The summed E-state index contributed by atoms with van der Waals surface area (Å²) in [7, 11) is 0. The van der Waals surface area contributed by atoms with Crippen LogP contribution in [0.2, 0.25) is 0 Å². The molecule has 0 saturated heterocycles. The fraction of sp³-hybridized carbons (Fsp3) is 0.333. The van der Waals surface area contributed by atoms with Crippen molar-refractivity contribution in [1.29, 1.82) is 0 Å². The van der Waals surface area contributed by atoms with Gasteiger partial charge in [0.2, 0.25) is 0 Å². The number of benzene rings is 1. The van der Waals surface area contributed by atoms with Crippen LogP contribution in [0.1, 0.15) is 24.9 Å². The number of halogens is 2. The number of nitrogens with two attached hydrogens (primary N) is 1. The maximum Gasteiger partial charge on any atom is 0.346 e. The lowest BCUT2D eigenvalue weighted by atomic mass is 10.1. The van der Waals surface area contributed by atoms with Crippen molar-refractivity contribution >= 4 is 27.8 Å². The third-order valence-electron chi connectivity index (χ3n) is 2.78. The number of carbonyl (C=O) groups is 1. The van der Waals surface area contributed by atoms with Crippen molar-refractivity contribution in [1.82, 2.24) is 4.90 Å². The van der Waals surface area contributed by atoms with Gasteiger partial charge in [0.15, 0.2) is 0 Å². The molecule has 0 saturated carbocycles. The van der Waals surface area contributed by atoms with E-state index in [1.54, 1.807) is 11.0 Å². The number of aliphatic imine (C=N–C) groups is 1. The van der Waals surface area contributed by atoms with Crippen LogP contribution in [0.15, 0.2) is 27.7 Å². The lowest BCUT2D eigenvalue weighted by Gasteiger charge is -2.24. The van der Waals surface area contributed by atoms with Gasteiger partial charge >= 0.3 is 6.03 Å². The van der Waals surface area contributed by atoms with Crippen molar-refractivity contribution in [2.75, 3.05) is 6.54 Å². The van der Waals surface area contributed by atoms with E-state index in [1.807, 2.05) is 6.92 Å². The smallest absolute Gasteiger partial charge is 0.346 e. The van der Waals surface area contributed by atoms with Crippen molar-refractivity contribution in [3.05, 3.63) is 34.1 Å². The molecular formula is C12H13BrFN3O. The van der Waals surface area contributed by atoms with Gasteiger partial charge in [-0.05, 0) is 30.2 Å². The molecule has 1 unspecified atom stereocenters. The Balaban J connectivity index is 2.44. The Kier molecular flexibility index (Phi) is 3.65. The van der Waals surface area contributed by atoms with Gasteiger partial charge in [-0.3, -0.25) is 0 Å². The molecule has 1 heterocycles. The van der Waals surface area contributed by atoms with E-state index in [0.717, 1.165) is 6.42 Å². The van der Waals surface area contributed by atoms with Gasteiger partial charge in [0, 0.05) is 11.0 Å². The van der Waals surface area contributed by atoms with Crippen molar-refractivity contribution in [2.24, 2.45) is 10.7 Å². The van der Waals surface area contributed by atoms with Gasteiger partial charge in [-0.25, -0.2) is 9.18 Å². The summed E-state index contributed by atoms with van der Waals surface area (Å²) < 4.78 is 14.0. The quantitative estimate of drug-likeness (QED) is 0.932. The normalized spacial score (nSPS) is 19.3. The Hall–Kier alpha value is -1.43. The molecule has 1 aliphatic rings. The molecule has 2 rings (SSSR count). The number of amides is 2. The highest BCUT2D eigenvalue weighted by Crippen LogP contribution is 2.32. The molecule has 96 valence electrons. The van der Waals surface area contributed by atoms with Crippen molar-refractivity contribution in [3.8, 4) is 0 Å². The highest BCUT2D eigenvalue weighted by Gasteiger charge is 2.35. The molecule has 0 bridgehead atoms. The molecule has 1 aromatic rings. The van der Waals surface area contributed by atoms with E-state index in [2.05, 4.69) is 20.9 Å². The second kappa shape index (κ2) is 5.06. The van der Waals surface area contributed by atoms with Crippen LogP contribution in [-0.4, -0.2) is 23.3 Å². The number of hydrogen-bond donors (Lipinski definition) is 1. The zero-order valence-corrected chi connectivity index (χ0v) is 11.4. The summed E-state index contributed by atoms with van der Waals surface area (Å²) >= 11 is 3.35. The Labute approximate surface area is 113 Å². The Bertz CT molecular complexity index is 518. The summed E-state index contributed by atoms with van der Waals surface area (Å²) in [6.07, 6.45) is 0.790. The van der Waals surface area contributed by atoms with Gasteiger partial charge in [-0.1, -0.05) is 22.9 Å². The first-order valence-electron chi connectivity index (χ1n) is 5.64. The predicted molar refractivity (Wildman–Crippen MR) is 70.9 cm³/mol. The number of amidine groups is 1. The average molecular weight is 314 g/mol. The maximum atomic E-state index is 13.3. The van der Waals surface area contributed by atoms with Crippen molar-refractivity contribution in [2.45, 2.75) is 19.4 Å². The number of rotatable bonds is 3. The molecule has 2 amide bonds. The van der Waals surface area contributed by atoms with Gasteiger partial charge in [-0.15, -0.1) is 0 Å². The number of nitrogens with zero attached hydrogens (tertiary/aromatic N) is 2. The van der Waals surface area contributed by atoms with E-state index in [1.165, 1.54) is 12.1 Å². The average Bonchev–Trinajstić information content (AvgIpc) is 2.58. The van der Waals surface area contributed by atoms with Crippen molar-refractivity contribution < 1.29 is 9.18 Å². The largest absolute Gasteiger partial charge is 0.385 e. The van der Waals surface area contributed by atoms with E-state index in [9.17, 15) is 9.18 Å². The van der Waals surface area contributed by atoms with E-state index in [4.69, 9.17) is 5.73 Å². The van der Waals surface area contributed by atoms with Crippen LogP contribution in [0.4, 0.5) is 9.18 Å². The lowest BCUT2D eigenvalue weighted by Crippen LogP contribution is -2.34. The Morgan fingerprint density at radius 1 is 1.56 bits per heavy atom. The van der Waals surface area contributed by atoms with E-state index >= 15 is 0 Å². The van der Waals surface area contributed by atoms with Crippen LogP contribution in [0, 0.1) is 5.82 Å². The molecule has 0 aliphatic carbocycles. The van der Waals surface area contributed by atoms with Crippen LogP contribution in [0.25, 0.3) is 0 Å². The topological polar surface area (TPSA) is 58.7 Å². The highest BCUT2D eigenvalue weighted by molar-refractivity contribution is 9.10. The molecule has 4 nitrogen and oxygen atoms in total.